The second kappa shape index (κ2) is 14.6. The Kier molecular flexibility index (Phi) is 15.0. The molecule has 0 aliphatic rings. The Morgan fingerprint density at radius 3 is 1.15 bits per heavy atom. The summed E-state index contributed by atoms with van der Waals surface area (Å²) in [6.07, 6.45) is -33.0. The summed E-state index contributed by atoms with van der Waals surface area (Å²) < 4.78 is 225. The Morgan fingerprint density at radius 1 is 0.590 bits per heavy atom. The van der Waals surface area contributed by atoms with Crippen molar-refractivity contribution in [1.29, 1.82) is 0 Å². The number of alkyl halides is 15. The molecular formula is C19H28F15NO3S. The lowest BCUT2D eigenvalue weighted by molar-refractivity contribution is -0.921. The van der Waals surface area contributed by atoms with Crippen molar-refractivity contribution in [3.05, 3.63) is 0 Å². The maximum atomic E-state index is 13.3. The van der Waals surface area contributed by atoms with Crippen molar-refractivity contribution in [2.45, 2.75) is 94.4 Å². The molecule has 0 heterocycles. The van der Waals surface area contributed by atoms with E-state index < -0.39 is 76.8 Å². The average molecular weight is 635 g/mol. The molecule has 0 saturated carbocycles. The molecule has 4 nitrogen and oxygen atoms in total. The number of rotatable bonds is 15. The highest BCUT2D eigenvalue weighted by Gasteiger charge is 2.79. The van der Waals surface area contributed by atoms with Gasteiger partial charge in [-0.1, -0.05) is 0 Å². The fraction of sp³-hybridized carbons (Fsp3) is 1.00. The number of hydrogen-bond acceptors (Lipinski definition) is 3. The van der Waals surface area contributed by atoms with Gasteiger partial charge in [0.1, 0.15) is 10.1 Å². The first kappa shape index (κ1) is 40.0. The summed E-state index contributed by atoms with van der Waals surface area (Å²) in [4.78, 5) is 0. The lowest BCUT2D eigenvalue weighted by atomic mass is 9.93. The molecule has 0 amide bonds. The van der Waals surface area contributed by atoms with Crippen LogP contribution >= 0.6 is 0 Å². The van der Waals surface area contributed by atoms with Gasteiger partial charge in [-0.05, 0) is 27.7 Å². The Hall–Kier alpha value is -1.18. The van der Waals surface area contributed by atoms with E-state index in [2.05, 4.69) is 27.7 Å². The van der Waals surface area contributed by atoms with E-state index in [0.717, 1.165) is 0 Å². The molecule has 7 atom stereocenters. The van der Waals surface area contributed by atoms with Crippen LogP contribution in [0.4, 0.5) is 65.9 Å². The van der Waals surface area contributed by atoms with Crippen molar-refractivity contribution in [2.75, 3.05) is 26.2 Å². The van der Waals surface area contributed by atoms with E-state index in [0.29, 0.717) is 0 Å². The third kappa shape index (κ3) is 8.90. The SMILES string of the molecule is CC[N+](CC)(CC)CC.O=S(=O)([O-])C(F)C(F)(F)C(F)(F)C(F)(F)C(F)C(F)C(F)C(F)C(F)C(F)C(F)F. The topological polar surface area (TPSA) is 57.2 Å². The van der Waals surface area contributed by atoms with Crippen molar-refractivity contribution >= 4 is 10.1 Å². The Morgan fingerprint density at radius 2 is 0.897 bits per heavy atom. The zero-order valence-corrected chi connectivity index (χ0v) is 21.5. The van der Waals surface area contributed by atoms with Crippen LogP contribution in [0.25, 0.3) is 0 Å². The molecule has 39 heavy (non-hydrogen) atoms. The van der Waals surface area contributed by atoms with E-state index in [-0.39, 0.29) is 0 Å². The molecule has 238 valence electrons. The first-order chi connectivity index (χ1) is 17.3. The van der Waals surface area contributed by atoms with Gasteiger partial charge in [0.2, 0.25) is 6.17 Å². The highest BCUT2D eigenvalue weighted by molar-refractivity contribution is 7.86. The van der Waals surface area contributed by atoms with Gasteiger partial charge >= 0.3 is 17.8 Å². The van der Waals surface area contributed by atoms with Crippen LogP contribution in [-0.4, -0.2) is 110 Å². The van der Waals surface area contributed by atoms with Crippen LogP contribution in [0.2, 0.25) is 0 Å². The minimum atomic E-state index is -7.59. The molecule has 0 bridgehead atoms. The molecule has 0 aromatic rings. The number of quaternary nitrogens is 1. The van der Waals surface area contributed by atoms with Gasteiger partial charge in [0, 0.05) is 0 Å². The lowest BCUT2D eigenvalue weighted by Crippen LogP contribution is -2.65. The molecule has 0 fully saturated rings. The molecule has 0 aliphatic carbocycles. The summed E-state index contributed by atoms with van der Waals surface area (Å²) in [5, 5.41) is 0. The van der Waals surface area contributed by atoms with Crippen LogP contribution in [0.15, 0.2) is 0 Å². The molecule has 0 radical (unpaired) electrons. The van der Waals surface area contributed by atoms with E-state index in [4.69, 9.17) is 0 Å². The molecule has 0 spiro atoms. The van der Waals surface area contributed by atoms with E-state index in [1.807, 2.05) is 0 Å². The van der Waals surface area contributed by atoms with Crippen molar-refractivity contribution < 1.29 is 83.3 Å². The zero-order chi connectivity index (χ0) is 31.9. The second-order valence-corrected chi connectivity index (χ2v) is 9.59. The molecular weight excluding hydrogens is 607 g/mol. The van der Waals surface area contributed by atoms with Gasteiger partial charge in [-0.3, -0.25) is 0 Å². The quantitative estimate of drug-likeness (QED) is 0.128. The molecule has 0 rings (SSSR count). The summed E-state index contributed by atoms with van der Waals surface area (Å²) in [5.41, 5.74) is -5.65. The summed E-state index contributed by atoms with van der Waals surface area (Å²) in [7, 11) is -7.10. The van der Waals surface area contributed by atoms with E-state index in [1.54, 1.807) is 0 Å². The van der Waals surface area contributed by atoms with Gasteiger partial charge in [-0.2, -0.15) is 26.3 Å². The van der Waals surface area contributed by atoms with Crippen molar-refractivity contribution in [3.63, 3.8) is 0 Å². The Labute approximate surface area is 214 Å². The fourth-order valence-electron chi connectivity index (χ4n) is 3.09. The van der Waals surface area contributed by atoms with Crippen LogP contribution in [0, 0.1) is 0 Å². The standard InChI is InChI=1S/C11H9F15O3S.C8H20N/c12-1(3(14)5(16)7(18)19)2(13)4(15)6(17)9(21,22)11(25,26)10(23,24)8(20)30(27,28)29;1-5-9(6-2,7-3)8-4/h1-8H,(H,27,28,29);5-8H2,1-4H3/q;+1/p-1. The van der Waals surface area contributed by atoms with E-state index in [9.17, 15) is 78.8 Å². The predicted octanol–water partition coefficient (Wildman–Crippen LogP) is 5.91. The van der Waals surface area contributed by atoms with E-state index in [1.165, 1.54) is 30.7 Å². The summed E-state index contributed by atoms with van der Waals surface area (Å²) >= 11 is 0. The fourth-order valence-corrected chi connectivity index (χ4v) is 3.60. The van der Waals surface area contributed by atoms with Gasteiger partial charge in [-0.15, -0.1) is 0 Å². The Balaban J connectivity index is 0. The average Bonchev–Trinajstić information content (AvgIpc) is 2.86. The van der Waals surface area contributed by atoms with Crippen molar-refractivity contribution in [3.8, 4) is 0 Å². The summed E-state index contributed by atoms with van der Waals surface area (Å²) in [6, 6.07) is 0. The number of halogens is 15. The van der Waals surface area contributed by atoms with Crippen molar-refractivity contribution in [1.82, 2.24) is 0 Å². The monoisotopic (exact) mass is 635 g/mol. The maximum absolute atomic E-state index is 13.3. The van der Waals surface area contributed by atoms with Gasteiger partial charge in [0.05, 0.1) is 26.2 Å². The number of hydrogen-bond donors (Lipinski definition) is 0. The lowest BCUT2D eigenvalue weighted by Gasteiger charge is -2.37. The first-order valence-electron chi connectivity index (χ1n) is 11.0. The molecule has 0 saturated heterocycles. The van der Waals surface area contributed by atoms with Gasteiger partial charge < -0.3 is 9.04 Å². The van der Waals surface area contributed by atoms with Crippen LogP contribution < -0.4 is 0 Å². The summed E-state index contributed by atoms with van der Waals surface area (Å²) in [6.45, 7) is 14.2. The Bertz CT molecular complexity index is 811. The molecule has 20 heteroatoms. The summed E-state index contributed by atoms with van der Waals surface area (Å²) in [5.74, 6) is -22.1. The van der Waals surface area contributed by atoms with Crippen LogP contribution in [0.1, 0.15) is 27.7 Å². The predicted molar refractivity (Wildman–Crippen MR) is 107 cm³/mol. The van der Waals surface area contributed by atoms with E-state index >= 15 is 0 Å². The molecule has 0 aromatic carbocycles. The highest BCUT2D eigenvalue weighted by Crippen LogP contribution is 2.52. The normalized spacial score (nSPS) is 19.4. The minimum Gasteiger partial charge on any atom is -0.746 e. The third-order valence-corrected chi connectivity index (χ3v) is 6.95. The second-order valence-electron chi connectivity index (χ2n) is 8.19. The minimum absolute atomic E-state index is 1.28. The highest BCUT2D eigenvalue weighted by atomic mass is 32.2. The third-order valence-electron chi connectivity index (χ3n) is 6.14. The molecule has 0 N–H and O–H groups in total. The van der Waals surface area contributed by atoms with Gasteiger partial charge in [0.15, 0.2) is 30.9 Å². The first-order valence-corrected chi connectivity index (χ1v) is 12.5. The van der Waals surface area contributed by atoms with Crippen LogP contribution in [-0.2, 0) is 10.1 Å². The maximum Gasteiger partial charge on any atom is 0.379 e. The number of nitrogens with zero attached hydrogens (tertiary/aromatic N) is 1. The smallest absolute Gasteiger partial charge is 0.379 e. The van der Waals surface area contributed by atoms with Gasteiger partial charge in [-0.25, -0.2) is 47.9 Å². The van der Waals surface area contributed by atoms with Crippen LogP contribution in [0.3, 0.4) is 0 Å². The zero-order valence-electron chi connectivity index (χ0n) is 20.7. The van der Waals surface area contributed by atoms with Crippen molar-refractivity contribution in [2.24, 2.45) is 0 Å². The van der Waals surface area contributed by atoms with Crippen LogP contribution in [0.5, 0.6) is 0 Å². The largest absolute Gasteiger partial charge is 0.746 e. The molecule has 0 aliphatic heterocycles. The van der Waals surface area contributed by atoms with Gasteiger partial charge in [0.25, 0.3) is 11.9 Å². The molecule has 7 unspecified atom stereocenters. The molecule has 0 aromatic heterocycles.